The van der Waals surface area contributed by atoms with E-state index in [1.807, 2.05) is 11.9 Å². The minimum atomic E-state index is -0.188. The van der Waals surface area contributed by atoms with E-state index < -0.39 is 0 Å². The maximum atomic E-state index is 13.3. The first-order chi connectivity index (χ1) is 14.7. The molecule has 6 nitrogen and oxygen atoms in total. The molecule has 0 saturated carbocycles. The quantitative estimate of drug-likeness (QED) is 0.728. The van der Waals surface area contributed by atoms with Crippen LogP contribution in [0.25, 0.3) is 0 Å². The van der Waals surface area contributed by atoms with E-state index in [1.54, 1.807) is 21.3 Å². The lowest BCUT2D eigenvalue weighted by Gasteiger charge is -2.25. The van der Waals surface area contributed by atoms with Gasteiger partial charge in [-0.15, -0.1) is 11.8 Å². The van der Waals surface area contributed by atoms with Crippen LogP contribution in [0.15, 0.2) is 24.3 Å². The molecule has 1 aromatic carbocycles. The Morgan fingerprint density at radius 3 is 2.58 bits per heavy atom. The fraction of sp³-hybridized carbons (Fsp3) is 0.542. The number of rotatable bonds is 3. The first-order valence-corrected chi connectivity index (χ1v) is 12.1. The van der Waals surface area contributed by atoms with Gasteiger partial charge in [0.1, 0.15) is 12.4 Å². The smallest absolute Gasteiger partial charge is 0.242 e. The van der Waals surface area contributed by atoms with Crippen LogP contribution in [-0.4, -0.2) is 51.9 Å². The summed E-state index contributed by atoms with van der Waals surface area (Å²) >= 11 is 1.63. The largest absolute Gasteiger partial charge is 0.341 e. The molecular formula is C24H32N4O2S. The standard InChI is InChI=1S/C24H32N4O2S/c1-16-9-8-10-17(13-16)21-20-22(24(2,3)4)25-26(5)23(20)28(19(30)15-31-21)14-18(29)27-11-6-7-12-27/h8-10,13,21H,6-7,11-12,14-15H2,1-5H3. The molecule has 3 heterocycles. The Labute approximate surface area is 189 Å². The van der Waals surface area contributed by atoms with Crippen molar-refractivity contribution in [3.8, 4) is 0 Å². The second-order valence-corrected chi connectivity index (χ2v) is 10.7. The minimum absolute atomic E-state index is 0.00587. The number of aromatic nitrogens is 2. The molecule has 166 valence electrons. The fourth-order valence-corrected chi connectivity index (χ4v) is 5.73. The number of aryl methyl sites for hydroxylation is 2. The number of amides is 2. The third kappa shape index (κ3) is 4.25. The van der Waals surface area contributed by atoms with Gasteiger partial charge in [0.05, 0.1) is 16.7 Å². The molecule has 2 aliphatic rings. The summed E-state index contributed by atoms with van der Waals surface area (Å²) in [5.74, 6) is 1.09. The van der Waals surface area contributed by atoms with Crippen molar-refractivity contribution in [2.75, 3.05) is 30.3 Å². The van der Waals surface area contributed by atoms with Crippen LogP contribution in [0.4, 0.5) is 5.82 Å². The van der Waals surface area contributed by atoms with Gasteiger partial charge in [0, 0.05) is 31.1 Å². The average molecular weight is 441 g/mol. The van der Waals surface area contributed by atoms with E-state index in [0.717, 1.165) is 43.0 Å². The summed E-state index contributed by atoms with van der Waals surface area (Å²) in [6.07, 6.45) is 2.08. The van der Waals surface area contributed by atoms with Crippen LogP contribution in [0.3, 0.4) is 0 Å². The topological polar surface area (TPSA) is 58.4 Å². The van der Waals surface area contributed by atoms with Crippen molar-refractivity contribution in [3.63, 3.8) is 0 Å². The van der Waals surface area contributed by atoms with Gasteiger partial charge in [0.15, 0.2) is 0 Å². The lowest BCUT2D eigenvalue weighted by molar-refractivity contribution is -0.130. The molecule has 2 aromatic rings. The molecule has 1 unspecified atom stereocenters. The first-order valence-electron chi connectivity index (χ1n) is 11.0. The van der Waals surface area contributed by atoms with Gasteiger partial charge in [-0.2, -0.15) is 5.10 Å². The zero-order valence-corrected chi connectivity index (χ0v) is 20.0. The predicted octanol–water partition coefficient (Wildman–Crippen LogP) is 3.82. The molecule has 0 aliphatic carbocycles. The summed E-state index contributed by atoms with van der Waals surface area (Å²) in [4.78, 5) is 29.8. The number of fused-ring (bicyclic) bond motifs is 1. The molecular weight excluding hydrogens is 408 g/mol. The van der Waals surface area contributed by atoms with E-state index in [9.17, 15) is 9.59 Å². The van der Waals surface area contributed by atoms with Crippen LogP contribution < -0.4 is 4.90 Å². The van der Waals surface area contributed by atoms with E-state index in [0.29, 0.717) is 5.75 Å². The summed E-state index contributed by atoms with van der Waals surface area (Å²) in [6.45, 7) is 10.2. The molecule has 1 fully saturated rings. The Morgan fingerprint density at radius 1 is 1.23 bits per heavy atom. The number of likely N-dealkylation sites (tertiary alicyclic amines) is 1. The monoisotopic (exact) mass is 440 g/mol. The number of benzene rings is 1. The van der Waals surface area contributed by atoms with Crippen LogP contribution in [0, 0.1) is 6.92 Å². The van der Waals surface area contributed by atoms with Crippen molar-refractivity contribution in [1.29, 1.82) is 0 Å². The molecule has 7 heteroatoms. The van der Waals surface area contributed by atoms with Gasteiger partial charge in [-0.25, -0.2) is 0 Å². The average Bonchev–Trinajstić information content (AvgIpc) is 3.32. The van der Waals surface area contributed by atoms with Crippen molar-refractivity contribution in [3.05, 3.63) is 46.6 Å². The summed E-state index contributed by atoms with van der Waals surface area (Å²) in [6, 6.07) is 8.48. The molecule has 1 atom stereocenters. The Hall–Kier alpha value is -2.28. The molecule has 4 rings (SSSR count). The highest BCUT2D eigenvalue weighted by Crippen LogP contribution is 2.47. The van der Waals surface area contributed by atoms with Gasteiger partial charge in [0.25, 0.3) is 0 Å². The molecule has 2 amide bonds. The number of carbonyl (C=O) groups is 2. The molecule has 0 spiro atoms. The predicted molar refractivity (Wildman–Crippen MR) is 126 cm³/mol. The normalized spacial score (nSPS) is 19.5. The van der Waals surface area contributed by atoms with Crippen molar-refractivity contribution in [2.24, 2.45) is 7.05 Å². The summed E-state index contributed by atoms with van der Waals surface area (Å²) in [7, 11) is 1.89. The van der Waals surface area contributed by atoms with Gasteiger partial charge in [-0.1, -0.05) is 50.6 Å². The number of anilines is 1. The highest BCUT2D eigenvalue weighted by Gasteiger charge is 2.39. The molecule has 1 saturated heterocycles. The second-order valence-electron chi connectivity index (χ2n) is 9.63. The van der Waals surface area contributed by atoms with Crippen molar-refractivity contribution in [1.82, 2.24) is 14.7 Å². The highest BCUT2D eigenvalue weighted by atomic mass is 32.2. The van der Waals surface area contributed by atoms with Crippen LogP contribution in [0.1, 0.15) is 61.2 Å². The van der Waals surface area contributed by atoms with Gasteiger partial charge in [0.2, 0.25) is 11.8 Å². The van der Waals surface area contributed by atoms with Crippen LogP contribution in [-0.2, 0) is 22.1 Å². The number of thioether (sulfide) groups is 1. The fourth-order valence-electron chi connectivity index (χ4n) is 4.54. The highest BCUT2D eigenvalue weighted by molar-refractivity contribution is 8.00. The van der Waals surface area contributed by atoms with Gasteiger partial charge < -0.3 is 4.90 Å². The summed E-state index contributed by atoms with van der Waals surface area (Å²) < 4.78 is 1.81. The van der Waals surface area contributed by atoms with Crippen molar-refractivity contribution in [2.45, 2.75) is 51.2 Å². The zero-order chi connectivity index (χ0) is 22.3. The van der Waals surface area contributed by atoms with Crippen LogP contribution in [0.2, 0.25) is 0 Å². The molecule has 31 heavy (non-hydrogen) atoms. The van der Waals surface area contributed by atoms with Crippen molar-refractivity contribution < 1.29 is 9.59 Å². The molecule has 2 aliphatic heterocycles. The maximum Gasteiger partial charge on any atom is 0.242 e. The maximum absolute atomic E-state index is 13.3. The van der Waals surface area contributed by atoms with Gasteiger partial charge >= 0.3 is 0 Å². The van der Waals surface area contributed by atoms with Crippen molar-refractivity contribution >= 4 is 29.4 Å². The Bertz CT molecular complexity index is 1000. The SMILES string of the molecule is Cc1cccc(C2SCC(=O)N(CC(=O)N3CCCC3)c3c2c(C(C)(C)C)nn3C)c1. The number of hydrogen-bond acceptors (Lipinski definition) is 4. The third-order valence-corrected chi connectivity index (χ3v) is 7.31. The number of nitrogens with zero attached hydrogens (tertiary/aromatic N) is 4. The summed E-state index contributed by atoms with van der Waals surface area (Å²) in [5, 5.41) is 4.87. The van der Waals surface area contributed by atoms with Gasteiger partial charge in [-0.3, -0.25) is 19.2 Å². The third-order valence-electron chi connectivity index (χ3n) is 6.05. The van der Waals surface area contributed by atoms with Crippen LogP contribution >= 0.6 is 11.8 Å². The lowest BCUT2D eigenvalue weighted by Crippen LogP contribution is -2.43. The van der Waals surface area contributed by atoms with E-state index >= 15 is 0 Å². The summed E-state index contributed by atoms with van der Waals surface area (Å²) in [5.41, 5.74) is 4.22. The number of carbonyl (C=O) groups excluding carboxylic acids is 2. The van der Waals surface area contributed by atoms with E-state index in [-0.39, 0.29) is 29.0 Å². The van der Waals surface area contributed by atoms with Crippen LogP contribution in [0.5, 0.6) is 0 Å². The number of hydrogen-bond donors (Lipinski definition) is 0. The lowest BCUT2D eigenvalue weighted by atomic mass is 9.87. The van der Waals surface area contributed by atoms with Gasteiger partial charge in [-0.05, 0) is 25.3 Å². The Balaban J connectivity index is 1.84. The zero-order valence-electron chi connectivity index (χ0n) is 19.1. The van der Waals surface area contributed by atoms with E-state index in [4.69, 9.17) is 5.10 Å². The van der Waals surface area contributed by atoms with E-state index in [1.165, 1.54) is 11.1 Å². The molecule has 0 bridgehead atoms. The minimum Gasteiger partial charge on any atom is -0.341 e. The Kier molecular flexibility index (Phi) is 5.90. The molecule has 1 aromatic heterocycles. The second kappa shape index (κ2) is 8.34. The molecule has 0 N–H and O–H groups in total. The Morgan fingerprint density at radius 2 is 1.94 bits per heavy atom. The van der Waals surface area contributed by atoms with E-state index in [2.05, 4.69) is 52.0 Å². The first kappa shape index (κ1) is 21.9. The molecule has 0 radical (unpaired) electrons.